The van der Waals surface area contributed by atoms with Crippen LogP contribution in [0.3, 0.4) is 0 Å². The maximum Gasteiger partial charge on any atom is 0.259 e. The number of ether oxygens (including phenoxy) is 2. The zero-order valence-corrected chi connectivity index (χ0v) is 14.9. The normalized spacial score (nSPS) is 16.9. The van der Waals surface area contributed by atoms with Gasteiger partial charge in [0.15, 0.2) is 11.6 Å². The van der Waals surface area contributed by atoms with Gasteiger partial charge in [-0.25, -0.2) is 13.2 Å². The zero-order valence-electron chi connectivity index (χ0n) is 14.9. The quantitative estimate of drug-likeness (QED) is 0.787. The van der Waals surface area contributed by atoms with E-state index in [1.54, 1.807) is 12.1 Å². The highest BCUT2D eigenvalue weighted by molar-refractivity contribution is 5.95. The van der Waals surface area contributed by atoms with Crippen molar-refractivity contribution in [1.29, 1.82) is 0 Å². The third-order valence-corrected chi connectivity index (χ3v) is 4.58. The van der Waals surface area contributed by atoms with Crippen molar-refractivity contribution >= 4 is 5.91 Å². The minimum atomic E-state index is -0.999. The van der Waals surface area contributed by atoms with E-state index >= 15 is 0 Å². The molecule has 4 nitrogen and oxygen atoms in total. The van der Waals surface area contributed by atoms with Crippen molar-refractivity contribution in [2.24, 2.45) is 5.92 Å². The summed E-state index contributed by atoms with van der Waals surface area (Å²) in [5.74, 6) is -2.80. The Balaban J connectivity index is 1.68. The van der Waals surface area contributed by atoms with Crippen molar-refractivity contribution in [2.45, 2.75) is 12.8 Å². The van der Waals surface area contributed by atoms with Gasteiger partial charge in [-0.1, -0.05) is 6.07 Å². The molecule has 0 saturated carbocycles. The van der Waals surface area contributed by atoms with Crippen LogP contribution in [0.25, 0.3) is 0 Å². The first-order chi connectivity index (χ1) is 13.0. The summed E-state index contributed by atoms with van der Waals surface area (Å²) < 4.78 is 52.1. The molecule has 0 aromatic heterocycles. The summed E-state index contributed by atoms with van der Waals surface area (Å²) in [6.45, 7) is 1.01. The molecular formula is C20H20F3NO3. The summed E-state index contributed by atoms with van der Waals surface area (Å²) in [6, 6.07) is 7.97. The maximum absolute atomic E-state index is 14.4. The van der Waals surface area contributed by atoms with E-state index in [0.717, 1.165) is 18.6 Å². The van der Waals surface area contributed by atoms with Crippen LogP contribution >= 0.6 is 0 Å². The molecule has 1 fully saturated rings. The fourth-order valence-corrected chi connectivity index (χ4v) is 3.20. The standard InChI is InChI=1S/C20H20F3NO3/c1-26-17-8-7-16(22)18(19(17)23)20(25)24-9-3-4-13(11-24)12-27-15-6-2-5-14(21)10-15/h2,5-8,10,13H,3-4,9,11-12H2,1H3/t13-/m1/s1. The lowest BCUT2D eigenvalue weighted by atomic mass is 9.98. The van der Waals surface area contributed by atoms with Crippen LogP contribution in [0.2, 0.25) is 0 Å². The molecule has 3 rings (SSSR count). The predicted octanol–water partition coefficient (Wildman–Crippen LogP) is 4.04. The Morgan fingerprint density at radius 2 is 2.04 bits per heavy atom. The molecule has 27 heavy (non-hydrogen) atoms. The van der Waals surface area contributed by atoms with Gasteiger partial charge in [0, 0.05) is 25.1 Å². The van der Waals surface area contributed by atoms with Crippen molar-refractivity contribution in [3.8, 4) is 11.5 Å². The lowest BCUT2D eigenvalue weighted by Gasteiger charge is -2.33. The van der Waals surface area contributed by atoms with Gasteiger partial charge in [-0.15, -0.1) is 0 Å². The molecule has 0 N–H and O–H groups in total. The third kappa shape index (κ3) is 4.35. The van der Waals surface area contributed by atoms with Crippen molar-refractivity contribution in [3.63, 3.8) is 0 Å². The lowest BCUT2D eigenvalue weighted by Crippen LogP contribution is -2.42. The summed E-state index contributed by atoms with van der Waals surface area (Å²) in [6.07, 6.45) is 1.50. The molecule has 0 radical (unpaired) electrons. The Bertz CT molecular complexity index is 828. The van der Waals surface area contributed by atoms with Gasteiger partial charge in [-0.3, -0.25) is 4.79 Å². The van der Waals surface area contributed by atoms with Gasteiger partial charge in [-0.2, -0.15) is 0 Å². The molecule has 1 aliphatic rings. The van der Waals surface area contributed by atoms with Crippen molar-refractivity contribution in [1.82, 2.24) is 4.90 Å². The topological polar surface area (TPSA) is 38.8 Å². The third-order valence-electron chi connectivity index (χ3n) is 4.58. The van der Waals surface area contributed by atoms with Gasteiger partial charge in [0.25, 0.3) is 5.91 Å². The molecule has 2 aromatic carbocycles. The van der Waals surface area contributed by atoms with E-state index in [1.165, 1.54) is 24.1 Å². The van der Waals surface area contributed by atoms with E-state index in [0.29, 0.717) is 25.3 Å². The Labute approximate surface area is 155 Å². The molecular weight excluding hydrogens is 359 g/mol. The molecule has 144 valence electrons. The minimum absolute atomic E-state index is 0.0114. The number of carbonyl (C=O) groups excluding carboxylic acids is 1. The highest BCUT2D eigenvalue weighted by atomic mass is 19.1. The molecule has 7 heteroatoms. The SMILES string of the molecule is COc1ccc(F)c(C(=O)N2CCC[C@@H](COc3cccc(F)c3)C2)c1F. The summed E-state index contributed by atoms with van der Waals surface area (Å²) in [4.78, 5) is 14.1. The van der Waals surface area contributed by atoms with Crippen LogP contribution in [0, 0.1) is 23.4 Å². The highest BCUT2D eigenvalue weighted by Crippen LogP contribution is 2.26. The van der Waals surface area contributed by atoms with E-state index in [2.05, 4.69) is 0 Å². The largest absolute Gasteiger partial charge is 0.494 e. The van der Waals surface area contributed by atoms with E-state index in [1.807, 2.05) is 0 Å². The van der Waals surface area contributed by atoms with Gasteiger partial charge in [0.1, 0.15) is 22.9 Å². The summed E-state index contributed by atoms with van der Waals surface area (Å²) in [7, 11) is 1.26. The van der Waals surface area contributed by atoms with Gasteiger partial charge in [-0.05, 0) is 37.1 Å². The van der Waals surface area contributed by atoms with Gasteiger partial charge in [0.05, 0.1) is 13.7 Å². The number of hydrogen-bond donors (Lipinski definition) is 0. The zero-order chi connectivity index (χ0) is 19.4. The fourth-order valence-electron chi connectivity index (χ4n) is 3.20. The van der Waals surface area contributed by atoms with Crippen LogP contribution in [0.4, 0.5) is 13.2 Å². The number of methoxy groups -OCH3 is 1. The van der Waals surface area contributed by atoms with Crippen molar-refractivity contribution < 1.29 is 27.4 Å². The highest BCUT2D eigenvalue weighted by Gasteiger charge is 2.29. The number of hydrogen-bond acceptors (Lipinski definition) is 3. The first-order valence-corrected chi connectivity index (χ1v) is 8.69. The van der Waals surface area contributed by atoms with Crippen LogP contribution in [0.15, 0.2) is 36.4 Å². The fraction of sp³-hybridized carbons (Fsp3) is 0.350. The van der Waals surface area contributed by atoms with Gasteiger partial charge >= 0.3 is 0 Å². The molecule has 1 atom stereocenters. The van der Waals surface area contributed by atoms with Gasteiger partial charge in [0.2, 0.25) is 0 Å². The second kappa shape index (κ2) is 8.33. The molecule has 1 heterocycles. The smallest absolute Gasteiger partial charge is 0.259 e. The van der Waals surface area contributed by atoms with Crippen molar-refractivity contribution in [2.75, 3.05) is 26.8 Å². The molecule has 1 aliphatic heterocycles. The second-order valence-corrected chi connectivity index (χ2v) is 6.47. The summed E-state index contributed by atoms with van der Waals surface area (Å²) in [5.41, 5.74) is -0.610. The second-order valence-electron chi connectivity index (χ2n) is 6.47. The number of carbonyl (C=O) groups is 1. The Morgan fingerprint density at radius 3 is 2.78 bits per heavy atom. The van der Waals surface area contributed by atoms with Crippen LogP contribution in [0.5, 0.6) is 11.5 Å². The number of likely N-dealkylation sites (tertiary alicyclic amines) is 1. The predicted molar refractivity (Wildman–Crippen MR) is 93.4 cm³/mol. The molecule has 2 aromatic rings. The van der Waals surface area contributed by atoms with Gasteiger partial charge < -0.3 is 14.4 Å². The van der Waals surface area contributed by atoms with Crippen LogP contribution < -0.4 is 9.47 Å². The first-order valence-electron chi connectivity index (χ1n) is 8.69. The van der Waals surface area contributed by atoms with Crippen molar-refractivity contribution in [3.05, 3.63) is 59.4 Å². The molecule has 0 bridgehead atoms. The van der Waals surface area contributed by atoms with Crippen LogP contribution in [-0.4, -0.2) is 37.6 Å². The van der Waals surface area contributed by atoms with E-state index in [-0.39, 0.29) is 18.3 Å². The average molecular weight is 379 g/mol. The number of piperidine rings is 1. The monoisotopic (exact) mass is 379 g/mol. The number of amides is 1. The van der Waals surface area contributed by atoms with E-state index in [9.17, 15) is 18.0 Å². The molecule has 1 amide bonds. The van der Waals surface area contributed by atoms with Crippen LogP contribution in [-0.2, 0) is 0 Å². The Morgan fingerprint density at radius 1 is 1.22 bits per heavy atom. The number of rotatable bonds is 5. The lowest BCUT2D eigenvalue weighted by molar-refractivity contribution is 0.0623. The van der Waals surface area contributed by atoms with Crippen LogP contribution in [0.1, 0.15) is 23.2 Å². The number of nitrogens with zero attached hydrogens (tertiary/aromatic N) is 1. The minimum Gasteiger partial charge on any atom is -0.494 e. The first kappa shape index (κ1) is 19.1. The molecule has 0 unspecified atom stereocenters. The van der Waals surface area contributed by atoms with E-state index < -0.39 is 28.9 Å². The molecule has 0 spiro atoms. The summed E-state index contributed by atoms with van der Waals surface area (Å²) >= 11 is 0. The maximum atomic E-state index is 14.4. The summed E-state index contributed by atoms with van der Waals surface area (Å²) in [5, 5.41) is 0. The van der Waals surface area contributed by atoms with E-state index in [4.69, 9.17) is 9.47 Å². The number of halogens is 3. The number of benzene rings is 2. The average Bonchev–Trinajstić information content (AvgIpc) is 2.67. The Kier molecular flexibility index (Phi) is 5.88. The Hall–Kier alpha value is -2.70. The molecule has 0 aliphatic carbocycles. The molecule has 1 saturated heterocycles.